The van der Waals surface area contributed by atoms with Crippen molar-refractivity contribution in [1.29, 1.82) is 0 Å². The maximum atomic E-state index is 4.88. The van der Waals surface area contributed by atoms with Gasteiger partial charge in [0.25, 0.3) is 0 Å². The summed E-state index contributed by atoms with van der Waals surface area (Å²) in [6.45, 7) is 20.0. The highest BCUT2D eigenvalue weighted by Crippen LogP contribution is 2.35. The summed E-state index contributed by atoms with van der Waals surface area (Å²) in [6.07, 6.45) is 0. The Morgan fingerprint density at radius 3 is 1.32 bits per heavy atom. The van der Waals surface area contributed by atoms with E-state index in [0.717, 1.165) is 33.5 Å². The second kappa shape index (κ2) is 14.3. The molecule has 4 heterocycles. The van der Waals surface area contributed by atoms with Gasteiger partial charge in [-0.1, -0.05) is 118 Å². The zero-order valence-electron chi connectivity index (χ0n) is 34.6. The van der Waals surface area contributed by atoms with Crippen LogP contribution in [0.2, 0.25) is 0 Å². The Bertz CT molecular complexity index is 2960. The van der Waals surface area contributed by atoms with Gasteiger partial charge in [0.2, 0.25) is 0 Å². The summed E-state index contributed by atoms with van der Waals surface area (Å²) in [6, 6.07) is 52.5. The van der Waals surface area contributed by atoms with Gasteiger partial charge in [-0.3, -0.25) is 4.57 Å². The van der Waals surface area contributed by atoms with Gasteiger partial charge >= 0.3 is 0 Å². The number of rotatable bonds is 1. The van der Waals surface area contributed by atoms with Crippen LogP contribution >= 0.6 is 0 Å². The second-order valence-corrected chi connectivity index (χ2v) is 17.8. The van der Waals surface area contributed by atoms with E-state index >= 15 is 0 Å². The van der Waals surface area contributed by atoms with E-state index < -0.39 is 0 Å². The molecule has 6 nitrogen and oxygen atoms in total. The van der Waals surface area contributed by atoms with E-state index in [2.05, 4.69) is 191 Å². The van der Waals surface area contributed by atoms with Crippen LogP contribution in [-0.4, -0.2) is 28.7 Å². The highest BCUT2D eigenvalue weighted by atomic mass is 15.1. The minimum atomic E-state index is -0.0432. The summed E-state index contributed by atoms with van der Waals surface area (Å²) in [7, 11) is 0. The molecule has 4 aromatic heterocycles. The molecular formula is C51H52N6. The summed E-state index contributed by atoms with van der Waals surface area (Å²) >= 11 is 0. The average molecular weight is 749 g/mol. The lowest BCUT2D eigenvalue weighted by Gasteiger charge is -2.24. The van der Waals surface area contributed by atoms with Crippen molar-refractivity contribution < 1.29 is 0 Å². The standard InChI is InChI=1S/C18H17N3.C17H18N2.C16H17N/c1-18(2,3)21-15-11-7-4-8-12(15)16-17(21)20-14-10-6-5-9-13(14)19-16;1-17(2,3)16-18-14-11-7-8-12-15(14)19(16)13-9-5-4-6-10-13;1-16(2,3)17-14-10-6-4-8-12(14)13-9-5-7-11-15(13)17/h4-11H,1-3H3;4-12H,1-3H3;4-11H,1-3H3. The van der Waals surface area contributed by atoms with Gasteiger partial charge in [-0.15, -0.1) is 0 Å². The molecule has 0 spiro atoms. The average Bonchev–Trinajstić information content (AvgIpc) is 3.86. The van der Waals surface area contributed by atoms with Gasteiger partial charge in [0, 0.05) is 49.4 Å². The number of fused-ring (bicyclic) bond motifs is 8. The molecule has 0 amide bonds. The molecule has 0 N–H and O–H groups in total. The lowest BCUT2D eigenvalue weighted by Crippen LogP contribution is -2.21. The van der Waals surface area contributed by atoms with Crippen molar-refractivity contribution in [2.45, 2.75) is 78.8 Å². The maximum Gasteiger partial charge on any atom is 0.160 e. The van der Waals surface area contributed by atoms with E-state index in [1.54, 1.807) is 0 Å². The smallest absolute Gasteiger partial charge is 0.160 e. The van der Waals surface area contributed by atoms with Gasteiger partial charge in [-0.05, 0) is 96.1 Å². The molecule has 57 heavy (non-hydrogen) atoms. The van der Waals surface area contributed by atoms with Crippen LogP contribution in [0.3, 0.4) is 0 Å². The number of aromatic nitrogens is 6. The molecule has 10 aromatic rings. The van der Waals surface area contributed by atoms with Crippen LogP contribution in [0.25, 0.3) is 71.6 Å². The van der Waals surface area contributed by atoms with Crippen LogP contribution in [0, 0.1) is 0 Å². The molecule has 0 atom stereocenters. The predicted molar refractivity (Wildman–Crippen MR) is 242 cm³/mol. The Morgan fingerprint density at radius 1 is 0.368 bits per heavy atom. The topological polar surface area (TPSA) is 53.5 Å². The fourth-order valence-electron chi connectivity index (χ4n) is 8.00. The highest BCUT2D eigenvalue weighted by molar-refractivity contribution is 6.08. The number of benzene rings is 6. The fraction of sp³-hybridized carbons (Fsp3) is 0.235. The SMILES string of the molecule is CC(C)(C)c1nc2ccccc2n1-c1ccccc1.CC(C)(C)n1c2ccccc2c2ccccc21.CC(C)(C)n1c2ccccc2c2nc3ccccc3nc21. The zero-order valence-corrected chi connectivity index (χ0v) is 34.6. The quantitative estimate of drug-likeness (QED) is 0.168. The number of imidazole rings is 1. The first kappa shape index (κ1) is 37.6. The molecule has 0 saturated heterocycles. The third kappa shape index (κ3) is 7.05. The van der Waals surface area contributed by atoms with E-state index in [0.29, 0.717) is 0 Å². The number of hydrogen-bond acceptors (Lipinski definition) is 3. The molecule has 0 fully saturated rings. The molecule has 6 heteroatoms. The summed E-state index contributed by atoms with van der Waals surface area (Å²) in [4.78, 5) is 14.6. The maximum absolute atomic E-state index is 4.88. The van der Waals surface area contributed by atoms with Crippen LogP contribution in [0.4, 0.5) is 0 Å². The Balaban J connectivity index is 0.000000120. The van der Waals surface area contributed by atoms with E-state index in [4.69, 9.17) is 15.0 Å². The monoisotopic (exact) mass is 748 g/mol. The van der Waals surface area contributed by atoms with Gasteiger partial charge in [0.05, 0.1) is 27.6 Å². The third-order valence-corrected chi connectivity index (χ3v) is 10.3. The molecule has 0 aliphatic heterocycles. The first-order chi connectivity index (χ1) is 27.2. The highest BCUT2D eigenvalue weighted by Gasteiger charge is 2.24. The van der Waals surface area contributed by atoms with Crippen LogP contribution in [0.1, 0.15) is 68.1 Å². The molecule has 0 bridgehead atoms. The molecule has 0 saturated carbocycles. The summed E-state index contributed by atoms with van der Waals surface area (Å²) in [5.41, 5.74) is 11.1. The van der Waals surface area contributed by atoms with Crippen LogP contribution < -0.4 is 0 Å². The Morgan fingerprint density at radius 2 is 0.789 bits per heavy atom. The summed E-state index contributed by atoms with van der Waals surface area (Å²) in [5.74, 6) is 1.10. The lowest BCUT2D eigenvalue weighted by atomic mass is 9.95. The first-order valence-electron chi connectivity index (χ1n) is 19.9. The minimum absolute atomic E-state index is 0.00879. The van der Waals surface area contributed by atoms with Crippen molar-refractivity contribution in [3.63, 3.8) is 0 Å². The van der Waals surface area contributed by atoms with Crippen molar-refractivity contribution in [2.24, 2.45) is 0 Å². The fourth-order valence-corrected chi connectivity index (χ4v) is 8.00. The molecular weight excluding hydrogens is 697 g/mol. The first-order valence-corrected chi connectivity index (χ1v) is 19.9. The molecule has 0 aliphatic carbocycles. The van der Waals surface area contributed by atoms with Crippen molar-refractivity contribution in [3.05, 3.63) is 157 Å². The number of nitrogens with zero attached hydrogens (tertiary/aromatic N) is 6. The number of hydrogen-bond donors (Lipinski definition) is 0. The second-order valence-electron chi connectivity index (χ2n) is 17.8. The van der Waals surface area contributed by atoms with Crippen molar-refractivity contribution in [1.82, 2.24) is 28.7 Å². The van der Waals surface area contributed by atoms with E-state index in [-0.39, 0.29) is 16.5 Å². The van der Waals surface area contributed by atoms with Gasteiger partial charge in [-0.25, -0.2) is 15.0 Å². The van der Waals surface area contributed by atoms with Gasteiger partial charge in [0.1, 0.15) is 11.3 Å². The van der Waals surface area contributed by atoms with Crippen LogP contribution in [0.5, 0.6) is 0 Å². The summed E-state index contributed by atoms with van der Waals surface area (Å²) in [5, 5.41) is 3.86. The van der Waals surface area contributed by atoms with Crippen molar-refractivity contribution in [3.8, 4) is 5.69 Å². The van der Waals surface area contributed by atoms with E-state index in [1.807, 2.05) is 36.4 Å². The van der Waals surface area contributed by atoms with Gasteiger partial charge in [0.15, 0.2) is 5.65 Å². The minimum Gasteiger partial charge on any atom is -0.335 e. The Hall–Kier alpha value is -6.27. The number of para-hydroxylation sites is 8. The Kier molecular flexibility index (Phi) is 9.47. The molecule has 6 aromatic carbocycles. The van der Waals surface area contributed by atoms with Crippen molar-refractivity contribution in [2.75, 3.05) is 0 Å². The largest absolute Gasteiger partial charge is 0.335 e. The van der Waals surface area contributed by atoms with Gasteiger partial charge < -0.3 is 9.13 Å². The lowest BCUT2D eigenvalue weighted by molar-refractivity contribution is 0.421. The van der Waals surface area contributed by atoms with Crippen LogP contribution in [-0.2, 0) is 16.5 Å². The van der Waals surface area contributed by atoms with E-state index in [1.165, 1.54) is 43.9 Å². The Labute approximate surface area is 335 Å². The summed E-state index contributed by atoms with van der Waals surface area (Å²) < 4.78 is 6.98. The molecule has 0 aliphatic rings. The normalized spacial score (nSPS) is 12.3. The van der Waals surface area contributed by atoms with E-state index in [9.17, 15) is 0 Å². The molecule has 286 valence electrons. The molecule has 0 radical (unpaired) electrons. The molecule has 0 unspecified atom stereocenters. The zero-order chi connectivity index (χ0) is 40.1. The van der Waals surface area contributed by atoms with Crippen LogP contribution in [0.15, 0.2) is 152 Å². The molecule has 10 rings (SSSR count). The van der Waals surface area contributed by atoms with Crippen molar-refractivity contribution >= 4 is 65.9 Å². The third-order valence-electron chi connectivity index (χ3n) is 10.3. The predicted octanol–water partition coefficient (Wildman–Crippen LogP) is 13.4. The van der Waals surface area contributed by atoms with Gasteiger partial charge in [-0.2, -0.15) is 0 Å².